The summed E-state index contributed by atoms with van der Waals surface area (Å²) in [5.41, 5.74) is 0. The summed E-state index contributed by atoms with van der Waals surface area (Å²) >= 11 is 0. The van der Waals surface area contributed by atoms with E-state index in [1.54, 1.807) is 0 Å². The van der Waals surface area contributed by atoms with Gasteiger partial charge < -0.3 is 9.80 Å². The van der Waals surface area contributed by atoms with E-state index in [1.807, 2.05) is 0 Å². The zero-order chi connectivity index (χ0) is 12.8. The molecule has 0 radical (unpaired) electrons. The van der Waals surface area contributed by atoms with Gasteiger partial charge in [0, 0.05) is 28.2 Å². The molecule has 3 nitrogen and oxygen atoms in total. The van der Waals surface area contributed by atoms with Crippen LogP contribution < -0.4 is 0 Å². The van der Waals surface area contributed by atoms with Crippen LogP contribution in [0.4, 0.5) is 0 Å². The van der Waals surface area contributed by atoms with Gasteiger partial charge in [-0.05, 0) is 18.6 Å². The van der Waals surface area contributed by atoms with Crippen LogP contribution >= 0.6 is 0 Å². The summed E-state index contributed by atoms with van der Waals surface area (Å²) in [5, 5.41) is 0. The van der Waals surface area contributed by atoms with Crippen molar-refractivity contribution in [2.24, 2.45) is 4.66 Å². The summed E-state index contributed by atoms with van der Waals surface area (Å²) in [6.45, 7) is 6.94. The molecular weight excluding hydrogens is 214 g/mol. The van der Waals surface area contributed by atoms with Gasteiger partial charge in [0.25, 0.3) is 0 Å². The molecule has 0 aliphatic heterocycles. The Labute approximate surface area is 103 Å². The highest BCUT2D eigenvalue weighted by atomic mass is 28.3. The Hall–Kier alpha value is -0.513. The highest BCUT2D eigenvalue weighted by molar-refractivity contribution is 6.77. The molecule has 0 aliphatic rings. The molecule has 0 aromatic carbocycles. The first-order chi connectivity index (χ1) is 7.36. The van der Waals surface area contributed by atoms with E-state index >= 15 is 0 Å². The molecule has 0 saturated heterocycles. The molecule has 0 heterocycles. The van der Waals surface area contributed by atoms with E-state index < -0.39 is 8.24 Å². The Morgan fingerprint density at radius 2 is 1.31 bits per heavy atom. The predicted molar refractivity (Wildman–Crippen MR) is 76.6 cm³/mol. The lowest BCUT2D eigenvalue weighted by atomic mass is 10.6. The van der Waals surface area contributed by atoms with E-state index in [-0.39, 0.29) is 0 Å². The van der Waals surface area contributed by atoms with Crippen LogP contribution in [0.15, 0.2) is 4.66 Å². The largest absolute Gasteiger partial charge is 0.350 e. The maximum absolute atomic E-state index is 5.09. The zero-order valence-electron chi connectivity index (χ0n) is 12.2. The highest BCUT2D eigenvalue weighted by Gasteiger charge is 2.26. The van der Waals surface area contributed by atoms with Gasteiger partial charge in [-0.3, -0.25) is 4.66 Å². The molecule has 0 aliphatic carbocycles. The third-order valence-electron chi connectivity index (χ3n) is 2.75. The van der Waals surface area contributed by atoms with Crippen molar-refractivity contribution in [1.82, 2.24) is 9.80 Å². The van der Waals surface area contributed by atoms with Crippen molar-refractivity contribution >= 4 is 14.2 Å². The molecule has 0 unspecified atom stereocenters. The fraction of sp³-hybridized carbons (Fsp3) is 0.917. The third-order valence-corrected chi connectivity index (χ3v) is 6.64. The number of nitrogens with zero attached hydrogens (tertiary/aromatic N) is 3. The SMILES string of the molecule is CCC[Si](C)(CCC)N=C(N(C)C)N(C)C. The van der Waals surface area contributed by atoms with Gasteiger partial charge in [0.2, 0.25) is 0 Å². The van der Waals surface area contributed by atoms with E-state index in [0.717, 1.165) is 5.96 Å². The van der Waals surface area contributed by atoms with E-state index in [0.29, 0.717) is 0 Å². The van der Waals surface area contributed by atoms with Crippen molar-refractivity contribution < 1.29 is 0 Å². The van der Waals surface area contributed by atoms with Crippen molar-refractivity contribution in [1.29, 1.82) is 0 Å². The molecular formula is C12H29N3Si. The van der Waals surface area contributed by atoms with E-state index in [4.69, 9.17) is 4.66 Å². The van der Waals surface area contributed by atoms with Crippen LogP contribution in [0.25, 0.3) is 0 Å². The molecule has 0 amide bonds. The van der Waals surface area contributed by atoms with Crippen molar-refractivity contribution in [2.75, 3.05) is 28.2 Å². The smallest absolute Gasteiger partial charge is 0.186 e. The first-order valence-electron chi connectivity index (χ1n) is 6.30. The van der Waals surface area contributed by atoms with E-state index in [1.165, 1.54) is 24.9 Å². The van der Waals surface area contributed by atoms with Gasteiger partial charge in [-0.15, -0.1) is 0 Å². The van der Waals surface area contributed by atoms with Crippen molar-refractivity contribution in [2.45, 2.75) is 45.3 Å². The summed E-state index contributed by atoms with van der Waals surface area (Å²) in [6, 6.07) is 2.60. The standard InChI is InChI=1S/C12H29N3Si/c1-8-10-16(7,11-9-2)13-12(14(3)4)15(5)6/h8-11H2,1-7H3. The van der Waals surface area contributed by atoms with Gasteiger partial charge in [0.1, 0.15) is 0 Å². The lowest BCUT2D eigenvalue weighted by Crippen LogP contribution is -2.40. The maximum Gasteiger partial charge on any atom is 0.186 e. The van der Waals surface area contributed by atoms with Gasteiger partial charge >= 0.3 is 0 Å². The third kappa shape index (κ3) is 5.01. The lowest BCUT2D eigenvalue weighted by molar-refractivity contribution is 0.485. The van der Waals surface area contributed by atoms with Crippen molar-refractivity contribution in [3.05, 3.63) is 0 Å². The maximum atomic E-state index is 5.09. The summed E-state index contributed by atoms with van der Waals surface area (Å²) in [4.78, 5) is 4.24. The molecule has 96 valence electrons. The van der Waals surface area contributed by atoms with Crippen LogP contribution in [-0.4, -0.2) is 52.2 Å². The molecule has 0 rings (SSSR count). The van der Waals surface area contributed by atoms with Gasteiger partial charge in [-0.2, -0.15) is 0 Å². The minimum atomic E-state index is -1.43. The van der Waals surface area contributed by atoms with Crippen LogP contribution in [0.3, 0.4) is 0 Å². The Morgan fingerprint density at radius 1 is 0.938 bits per heavy atom. The fourth-order valence-electron chi connectivity index (χ4n) is 2.16. The fourth-order valence-corrected chi connectivity index (χ4v) is 5.67. The van der Waals surface area contributed by atoms with E-state index in [9.17, 15) is 0 Å². The quantitative estimate of drug-likeness (QED) is 0.420. The monoisotopic (exact) mass is 243 g/mol. The van der Waals surface area contributed by atoms with E-state index in [2.05, 4.69) is 58.4 Å². The Bertz CT molecular complexity index is 208. The molecule has 0 N–H and O–H groups in total. The van der Waals surface area contributed by atoms with Gasteiger partial charge in [0.15, 0.2) is 14.2 Å². The van der Waals surface area contributed by atoms with Crippen LogP contribution in [0.5, 0.6) is 0 Å². The number of hydrogen-bond acceptors (Lipinski definition) is 1. The molecule has 4 heteroatoms. The Morgan fingerprint density at radius 3 is 1.56 bits per heavy atom. The van der Waals surface area contributed by atoms with Crippen molar-refractivity contribution in [3.63, 3.8) is 0 Å². The van der Waals surface area contributed by atoms with Crippen LogP contribution in [0.1, 0.15) is 26.7 Å². The summed E-state index contributed by atoms with van der Waals surface area (Å²) in [6.07, 6.45) is 2.50. The van der Waals surface area contributed by atoms with Crippen molar-refractivity contribution in [3.8, 4) is 0 Å². The number of guanidine groups is 1. The minimum Gasteiger partial charge on any atom is -0.350 e. The van der Waals surface area contributed by atoms with Gasteiger partial charge in [-0.25, -0.2) is 0 Å². The summed E-state index contributed by atoms with van der Waals surface area (Å²) in [5.74, 6) is 1.12. The second-order valence-corrected chi connectivity index (χ2v) is 9.42. The molecule has 0 aromatic heterocycles. The first-order valence-corrected chi connectivity index (χ1v) is 9.17. The highest BCUT2D eigenvalue weighted by Crippen LogP contribution is 2.21. The second-order valence-electron chi connectivity index (χ2n) is 5.20. The van der Waals surface area contributed by atoms with Crippen LogP contribution in [0.2, 0.25) is 18.6 Å². The summed E-state index contributed by atoms with van der Waals surface area (Å²) in [7, 11) is 6.87. The Balaban J connectivity index is 4.97. The van der Waals surface area contributed by atoms with Gasteiger partial charge in [-0.1, -0.05) is 26.7 Å². The lowest BCUT2D eigenvalue weighted by Gasteiger charge is -2.29. The normalized spacial score (nSPS) is 11.2. The van der Waals surface area contributed by atoms with Crippen LogP contribution in [-0.2, 0) is 0 Å². The summed E-state index contributed by atoms with van der Waals surface area (Å²) < 4.78 is 5.09. The molecule has 0 spiro atoms. The number of hydrogen-bond donors (Lipinski definition) is 0. The molecule has 16 heavy (non-hydrogen) atoms. The first kappa shape index (κ1) is 15.5. The second kappa shape index (κ2) is 6.94. The molecule has 0 saturated carbocycles. The molecule has 0 atom stereocenters. The predicted octanol–water partition coefficient (Wildman–Crippen LogP) is 2.86. The topological polar surface area (TPSA) is 18.8 Å². The van der Waals surface area contributed by atoms with Gasteiger partial charge in [0.05, 0.1) is 0 Å². The number of rotatable bonds is 5. The zero-order valence-corrected chi connectivity index (χ0v) is 13.2. The molecule has 0 fully saturated rings. The minimum absolute atomic E-state index is 1.12. The van der Waals surface area contributed by atoms with Crippen LogP contribution in [0, 0.1) is 0 Å². The average Bonchev–Trinajstić information content (AvgIpc) is 2.14. The average molecular weight is 243 g/mol. The Kier molecular flexibility index (Phi) is 6.72. The molecule has 0 aromatic rings. The molecule has 0 bridgehead atoms.